The second-order valence-corrected chi connectivity index (χ2v) is 6.26. The van der Waals surface area contributed by atoms with E-state index < -0.39 is 0 Å². The lowest BCUT2D eigenvalue weighted by molar-refractivity contribution is -0.142. The first-order valence-electron chi connectivity index (χ1n) is 8.52. The van der Waals surface area contributed by atoms with E-state index in [1.54, 1.807) is 0 Å². The maximum atomic E-state index is 11.8. The molecular weight excluding hydrogens is 298 g/mol. The SMILES string of the molecule is CCOC(=O)CCC1=Cc2cc(C)ccc2C(C)c2ncccc21. The summed E-state index contributed by atoms with van der Waals surface area (Å²) in [6.07, 6.45) is 5.12. The van der Waals surface area contributed by atoms with Gasteiger partial charge in [0.2, 0.25) is 0 Å². The number of fused-ring (bicyclic) bond motifs is 2. The predicted molar refractivity (Wildman–Crippen MR) is 96.7 cm³/mol. The molecule has 1 aromatic heterocycles. The van der Waals surface area contributed by atoms with Crippen molar-refractivity contribution in [1.29, 1.82) is 0 Å². The summed E-state index contributed by atoms with van der Waals surface area (Å²) < 4.78 is 5.08. The van der Waals surface area contributed by atoms with Crippen LogP contribution in [0.5, 0.6) is 0 Å². The van der Waals surface area contributed by atoms with Crippen molar-refractivity contribution in [3.63, 3.8) is 0 Å². The van der Waals surface area contributed by atoms with Crippen LogP contribution in [0.15, 0.2) is 36.5 Å². The summed E-state index contributed by atoms with van der Waals surface area (Å²) in [5.74, 6) is 0.0822. The third kappa shape index (κ3) is 3.25. The van der Waals surface area contributed by atoms with Crippen LogP contribution in [-0.4, -0.2) is 17.6 Å². The van der Waals surface area contributed by atoms with Gasteiger partial charge < -0.3 is 4.74 Å². The Bertz CT molecular complexity index is 792. The Balaban J connectivity index is 2.04. The van der Waals surface area contributed by atoms with E-state index in [9.17, 15) is 4.79 Å². The van der Waals surface area contributed by atoms with E-state index in [1.165, 1.54) is 16.7 Å². The zero-order valence-corrected chi connectivity index (χ0v) is 14.5. The molecular formula is C21H23NO2. The Kier molecular flexibility index (Phi) is 4.79. The lowest BCUT2D eigenvalue weighted by Gasteiger charge is -2.15. The highest BCUT2D eigenvalue weighted by Crippen LogP contribution is 2.38. The molecule has 1 aliphatic carbocycles. The molecule has 1 heterocycles. The van der Waals surface area contributed by atoms with Gasteiger partial charge in [0, 0.05) is 18.5 Å². The van der Waals surface area contributed by atoms with Crippen LogP contribution in [0.1, 0.15) is 60.6 Å². The third-order valence-electron chi connectivity index (χ3n) is 4.54. The van der Waals surface area contributed by atoms with Gasteiger partial charge in [-0.25, -0.2) is 0 Å². The molecule has 24 heavy (non-hydrogen) atoms. The van der Waals surface area contributed by atoms with Gasteiger partial charge in [-0.05, 0) is 48.6 Å². The summed E-state index contributed by atoms with van der Waals surface area (Å²) >= 11 is 0. The van der Waals surface area contributed by atoms with E-state index in [-0.39, 0.29) is 11.9 Å². The Hall–Kier alpha value is -2.42. The van der Waals surface area contributed by atoms with Crippen LogP contribution in [0.2, 0.25) is 0 Å². The monoisotopic (exact) mass is 321 g/mol. The molecule has 0 aliphatic heterocycles. The van der Waals surface area contributed by atoms with Crippen LogP contribution in [0.25, 0.3) is 11.6 Å². The Morgan fingerprint density at radius 1 is 1.29 bits per heavy atom. The number of benzene rings is 1. The predicted octanol–water partition coefficient (Wildman–Crippen LogP) is 4.74. The molecule has 0 spiro atoms. The van der Waals surface area contributed by atoms with Crippen molar-refractivity contribution in [2.75, 3.05) is 6.61 Å². The van der Waals surface area contributed by atoms with E-state index >= 15 is 0 Å². The number of ether oxygens (including phenoxy) is 1. The van der Waals surface area contributed by atoms with Gasteiger partial charge >= 0.3 is 5.97 Å². The number of carbonyl (C=O) groups excluding carboxylic acids is 1. The molecule has 124 valence electrons. The zero-order valence-electron chi connectivity index (χ0n) is 14.5. The average Bonchev–Trinajstić information content (AvgIpc) is 2.69. The van der Waals surface area contributed by atoms with Crippen LogP contribution in [0, 0.1) is 6.92 Å². The second kappa shape index (κ2) is 7.00. The van der Waals surface area contributed by atoms with E-state index in [0.717, 1.165) is 16.8 Å². The number of esters is 1. The van der Waals surface area contributed by atoms with Crippen molar-refractivity contribution in [1.82, 2.24) is 4.98 Å². The molecule has 3 rings (SSSR count). The molecule has 0 saturated heterocycles. The number of hydrogen-bond acceptors (Lipinski definition) is 3. The first-order valence-corrected chi connectivity index (χ1v) is 8.52. The summed E-state index contributed by atoms with van der Waals surface area (Å²) in [5.41, 5.74) is 7.12. The number of aryl methyl sites for hydroxylation is 1. The summed E-state index contributed by atoms with van der Waals surface area (Å²) in [4.78, 5) is 16.4. The number of aromatic nitrogens is 1. The summed E-state index contributed by atoms with van der Waals surface area (Å²) in [6.45, 7) is 6.56. The number of hydrogen-bond donors (Lipinski definition) is 0. The second-order valence-electron chi connectivity index (χ2n) is 6.26. The molecule has 1 atom stereocenters. The molecule has 0 fully saturated rings. The molecule has 0 saturated carbocycles. The number of rotatable bonds is 4. The lowest BCUT2D eigenvalue weighted by atomic mass is 9.91. The van der Waals surface area contributed by atoms with Gasteiger partial charge in [0.05, 0.1) is 12.3 Å². The van der Waals surface area contributed by atoms with Gasteiger partial charge in [-0.3, -0.25) is 9.78 Å². The highest BCUT2D eigenvalue weighted by atomic mass is 16.5. The van der Waals surface area contributed by atoms with Crippen LogP contribution >= 0.6 is 0 Å². The van der Waals surface area contributed by atoms with Crippen LogP contribution in [-0.2, 0) is 9.53 Å². The minimum Gasteiger partial charge on any atom is -0.466 e. The van der Waals surface area contributed by atoms with Gasteiger partial charge in [0.1, 0.15) is 0 Å². The van der Waals surface area contributed by atoms with Crippen molar-refractivity contribution < 1.29 is 9.53 Å². The molecule has 1 aliphatic rings. The number of carbonyl (C=O) groups is 1. The topological polar surface area (TPSA) is 39.2 Å². The van der Waals surface area contributed by atoms with Crippen molar-refractivity contribution in [3.8, 4) is 0 Å². The van der Waals surface area contributed by atoms with Crippen LogP contribution < -0.4 is 0 Å². The Morgan fingerprint density at radius 3 is 2.92 bits per heavy atom. The smallest absolute Gasteiger partial charge is 0.306 e. The van der Waals surface area contributed by atoms with E-state index in [0.29, 0.717) is 19.4 Å². The summed E-state index contributed by atoms with van der Waals surface area (Å²) in [7, 11) is 0. The quantitative estimate of drug-likeness (QED) is 0.764. The highest BCUT2D eigenvalue weighted by Gasteiger charge is 2.22. The maximum Gasteiger partial charge on any atom is 0.306 e. The molecule has 0 radical (unpaired) electrons. The van der Waals surface area contributed by atoms with Crippen molar-refractivity contribution in [3.05, 3.63) is 64.5 Å². The van der Waals surface area contributed by atoms with Crippen LogP contribution in [0.4, 0.5) is 0 Å². The van der Waals surface area contributed by atoms with Gasteiger partial charge in [-0.2, -0.15) is 0 Å². The zero-order chi connectivity index (χ0) is 17.1. The minimum absolute atomic E-state index is 0.148. The third-order valence-corrected chi connectivity index (χ3v) is 4.54. The number of nitrogens with zero attached hydrogens (tertiary/aromatic N) is 1. The Morgan fingerprint density at radius 2 is 2.12 bits per heavy atom. The van der Waals surface area contributed by atoms with Gasteiger partial charge in [0.15, 0.2) is 0 Å². The molecule has 3 heteroatoms. The van der Waals surface area contributed by atoms with Gasteiger partial charge in [0.25, 0.3) is 0 Å². The van der Waals surface area contributed by atoms with E-state index in [2.05, 4.69) is 49.2 Å². The van der Waals surface area contributed by atoms with Crippen molar-refractivity contribution in [2.45, 2.75) is 39.5 Å². The van der Waals surface area contributed by atoms with E-state index in [4.69, 9.17) is 4.74 Å². The summed E-state index contributed by atoms with van der Waals surface area (Å²) in [6, 6.07) is 10.6. The standard InChI is InChI=1S/C21H23NO2/c1-4-24-20(23)10-8-16-13-17-12-14(2)7-9-18(17)15(3)21-19(16)6-5-11-22-21/h5-7,9,11-13,15H,4,8,10H2,1-3H3. The van der Waals surface area contributed by atoms with Gasteiger partial charge in [-0.1, -0.05) is 42.8 Å². The number of allylic oxidation sites excluding steroid dienone is 1. The molecule has 1 aromatic carbocycles. The molecule has 1 unspecified atom stereocenters. The molecule has 3 nitrogen and oxygen atoms in total. The summed E-state index contributed by atoms with van der Waals surface area (Å²) in [5, 5.41) is 0. The minimum atomic E-state index is -0.148. The molecule has 0 bridgehead atoms. The lowest BCUT2D eigenvalue weighted by Crippen LogP contribution is -2.05. The fraction of sp³-hybridized carbons (Fsp3) is 0.333. The van der Waals surface area contributed by atoms with Gasteiger partial charge in [-0.15, -0.1) is 0 Å². The van der Waals surface area contributed by atoms with E-state index in [1.807, 2.05) is 19.2 Å². The largest absolute Gasteiger partial charge is 0.466 e. The van der Waals surface area contributed by atoms with Crippen molar-refractivity contribution >= 4 is 17.6 Å². The van der Waals surface area contributed by atoms with Crippen LogP contribution in [0.3, 0.4) is 0 Å². The molecule has 0 amide bonds. The van der Waals surface area contributed by atoms with Crippen molar-refractivity contribution in [2.24, 2.45) is 0 Å². The fourth-order valence-electron chi connectivity index (χ4n) is 3.34. The number of pyridine rings is 1. The maximum absolute atomic E-state index is 11.8. The average molecular weight is 321 g/mol. The first-order chi connectivity index (χ1) is 11.6. The molecule has 2 aromatic rings. The fourth-order valence-corrected chi connectivity index (χ4v) is 3.34. The normalized spacial score (nSPS) is 15.8. The highest BCUT2D eigenvalue weighted by molar-refractivity contribution is 5.87. The Labute approximate surface area is 143 Å². The first kappa shape index (κ1) is 16.4. The molecule has 0 N–H and O–H groups in total.